The lowest BCUT2D eigenvalue weighted by Gasteiger charge is -1.99. The van der Waals surface area contributed by atoms with Crippen LogP contribution in [0.3, 0.4) is 0 Å². The first-order valence-electron chi connectivity index (χ1n) is 7.53. The second kappa shape index (κ2) is 7.97. The number of rotatable bonds is 3. The molecule has 1 atom stereocenters. The first-order valence-corrected chi connectivity index (χ1v) is 8.52. The average molecular weight is 332 g/mol. The van der Waals surface area contributed by atoms with E-state index in [0.29, 0.717) is 10.8 Å². The maximum atomic E-state index is 11.0. The van der Waals surface area contributed by atoms with E-state index in [1.807, 2.05) is 38.1 Å². The van der Waals surface area contributed by atoms with E-state index >= 15 is 0 Å². The first kappa shape index (κ1) is 17.3. The van der Waals surface area contributed by atoms with Gasteiger partial charge in [-0.1, -0.05) is 26.0 Å². The minimum absolute atomic E-state index is 0.465. The van der Waals surface area contributed by atoms with Crippen molar-refractivity contribution in [1.29, 1.82) is 0 Å². The molecule has 0 aromatic carbocycles. The third kappa shape index (κ3) is 4.01. The van der Waals surface area contributed by atoms with Crippen LogP contribution in [-0.2, 0) is 9.53 Å². The maximum Gasteiger partial charge on any atom is 0.329 e. The molecule has 0 spiro atoms. The van der Waals surface area contributed by atoms with Crippen LogP contribution in [0.4, 0.5) is 0 Å². The average Bonchev–Trinajstić information content (AvgIpc) is 2.99. The van der Waals surface area contributed by atoms with Gasteiger partial charge in [0.25, 0.3) is 0 Å². The Bertz CT molecular complexity index is 769. The summed E-state index contributed by atoms with van der Waals surface area (Å²) >= 11 is 1.44. The summed E-state index contributed by atoms with van der Waals surface area (Å²) in [5, 5.41) is 11.6. The molecule has 1 N–H and O–H groups in total. The lowest BCUT2D eigenvalue weighted by atomic mass is 10.2. The van der Waals surface area contributed by atoms with E-state index in [2.05, 4.69) is 16.1 Å². The lowest BCUT2D eigenvalue weighted by molar-refractivity contribution is -0.137. The van der Waals surface area contributed by atoms with Gasteiger partial charge in [0.05, 0.1) is 23.9 Å². The van der Waals surface area contributed by atoms with Crippen LogP contribution in [0.15, 0.2) is 29.0 Å². The first-order chi connectivity index (χ1) is 11.2. The van der Waals surface area contributed by atoms with Crippen LogP contribution in [0.25, 0.3) is 12.2 Å². The van der Waals surface area contributed by atoms with Gasteiger partial charge in [0, 0.05) is 12.2 Å². The number of hydrogen-bond acceptors (Lipinski definition) is 5. The number of ether oxygens (including phenoxy) is 1. The molecule has 2 aliphatic rings. The van der Waals surface area contributed by atoms with E-state index in [9.17, 15) is 4.79 Å². The highest BCUT2D eigenvalue weighted by atomic mass is 32.2. The topological polar surface area (TPSA) is 71.8 Å². The number of thioether (sulfide) groups is 1. The molecule has 23 heavy (non-hydrogen) atoms. The van der Waals surface area contributed by atoms with Crippen molar-refractivity contribution in [3.63, 3.8) is 0 Å². The number of aliphatic carboxylic acids is 1. The summed E-state index contributed by atoms with van der Waals surface area (Å²) in [4.78, 5) is 19.8. The van der Waals surface area contributed by atoms with E-state index in [1.54, 1.807) is 7.11 Å². The second-order valence-corrected chi connectivity index (χ2v) is 5.69. The number of carbonyl (C=O) groups is 1. The quantitative estimate of drug-likeness (QED) is 0.909. The fourth-order valence-electron chi connectivity index (χ4n) is 2.15. The van der Waals surface area contributed by atoms with E-state index in [4.69, 9.17) is 9.84 Å². The molecule has 5 nitrogen and oxygen atoms in total. The van der Waals surface area contributed by atoms with Gasteiger partial charge in [-0.25, -0.2) is 9.78 Å². The standard InChI is InChI=1S/C15H14N2O3S.C2H6/c1-20-10-4-2-9-3-6-12(16-11(9)7-5-10)14-17-13(8-21-14)15(18)19;1-2/h2-3,5-7,13H,4,8H2,1H3,(H,18,19);1-2H3/t13-;/m0./s1. The van der Waals surface area contributed by atoms with Gasteiger partial charge >= 0.3 is 5.97 Å². The van der Waals surface area contributed by atoms with Gasteiger partial charge in [-0.15, -0.1) is 11.8 Å². The van der Waals surface area contributed by atoms with Crippen LogP contribution < -0.4 is 10.6 Å². The number of hydrogen-bond donors (Lipinski definition) is 1. The summed E-state index contributed by atoms with van der Waals surface area (Å²) in [7, 11) is 1.65. The number of pyridine rings is 1. The molecule has 1 aliphatic heterocycles. The van der Waals surface area contributed by atoms with Crippen molar-refractivity contribution in [3.8, 4) is 0 Å². The highest BCUT2D eigenvalue weighted by Crippen LogP contribution is 2.21. The third-order valence-electron chi connectivity index (χ3n) is 3.33. The van der Waals surface area contributed by atoms with Crippen molar-refractivity contribution >= 4 is 34.9 Å². The number of carboxylic acid groups (broad SMARTS) is 1. The van der Waals surface area contributed by atoms with Crippen LogP contribution in [-0.4, -0.2) is 40.0 Å². The number of nitrogens with zero attached hydrogens (tertiary/aromatic N) is 2. The van der Waals surface area contributed by atoms with Gasteiger partial charge in [0.2, 0.25) is 0 Å². The van der Waals surface area contributed by atoms with Crippen molar-refractivity contribution in [2.24, 2.45) is 4.99 Å². The van der Waals surface area contributed by atoms with Gasteiger partial charge in [0.1, 0.15) is 5.04 Å². The fraction of sp³-hybridized carbons (Fsp3) is 0.353. The molecular weight excluding hydrogens is 312 g/mol. The molecular formula is C17H20N2O3S. The van der Waals surface area contributed by atoms with Crippen molar-refractivity contribution in [1.82, 2.24) is 4.98 Å². The summed E-state index contributed by atoms with van der Waals surface area (Å²) in [6.07, 6.45) is 6.62. The Kier molecular flexibility index (Phi) is 5.98. The summed E-state index contributed by atoms with van der Waals surface area (Å²) in [5.41, 5.74) is 0.724. The Morgan fingerprint density at radius 3 is 2.78 bits per heavy atom. The predicted octanol–water partition coefficient (Wildman–Crippen LogP) is 1.55. The van der Waals surface area contributed by atoms with Crippen molar-refractivity contribution < 1.29 is 14.6 Å². The SMILES string of the molecule is CC.COC1=CC=c2nc(C3=N[C@H](C(=O)O)CS3)ccc2=CC1. The Morgan fingerprint density at radius 1 is 1.35 bits per heavy atom. The van der Waals surface area contributed by atoms with Gasteiger partial charge in [-0.05, 0) is 23.4 Å². The largest absolute Gasteiger partial charge is 0.501 e. The zero-order chi connectivity index (χ0) is 16.8. The fourth-order valence-corrected chi connectivity index (χ4v) is 3.15. The van der Waals surface area contributed by atoms with Crippen LogP contribution in [0.2, 0.25) is 0 Å². The number of aromatic nitrogens is 1. The number of fused-ring (bicyclic) bond motifs is 1. The predicted molar refractivity (Wildman–Crippen MR) is 93.9 cm³/mol. The third-order valence-corrected chi connectivity index (χ3v) is 4.40. The molecule has 0 unspecified atom stereocenters. The van der Waals surface area contributed by atoms with Crippen LogP contribution in [0.1, 0.15) is 26.0 Å². The summed E-state index contributed by atoms with van der Waals surface area (Å²) in [6.45, 7) is 4.00. The summed E-state index contributed by atoms with van der Waals surface area (Å²) in [5.74, 6) is 0.459. The van der Waals surface area contributed by atoms with Crippen LogP contribution in [0.5, 0.6) is 0 Å². The van der Waals surface area contributed by atoms with Gasteiger partial charge in [0.15, 0.2) is 6.04 Å². The summed E-state index contributed by atoms with van der Waals surface area (Å²) < 4.78 is 5.25. The Balaban J connectivity index is 0.000000924. The molecule has 0 bridgehead atoms. The van der Waals surface area contributed by atoms with Crippen molar-refractivity contribution in [2.45, 2.75) is 26.3 Å². The van der Waals surface area contributed by atoms with Gasteiger partial charge < -0.3 is 9.84 Å². The zero-order valence-electron chi connectivity index (χ0n) is 13.4. The number of methoxy groups -OCH3 is 1. The van der Waals surface area contributed by atoms with Gasteiger partial charge in [-0.2, -0.15) is 0 Å². The van der Waals surface area contributed by atoms with E-state index < -0.39 is 12.0 Å². The van der Waals surface area contributed by atoms with E-state index in [1.165, 1.54) is 11.8 Å². The Hall–Kier alpha value is -2.08. The highest BCUT2D eigenvalue weighted by Gasteiger charge is 2.25. The van der Waals surface area contributed by atoms with Crippen molar-refractivity contribution in [3.05, 3.63) is 40.2 Å². The minimum atomic E-state index is -0.889. The Morgan fingerprint density at radius 2 is 2.13 bits per heavy atom. The monoisotopic (exact) mass is 332 g/mol. The molecule has 1 aromatic rings. The molecule has 6 heteroatoms. The number of aliphatic imine (C=N–C) groups is 1. The molecule has 0 radical (unpaired) electrons. The molecule has 0 amide bonds. The molecule has 3 rings (SSSR count). The molecule has 1 aromatic heterocycles. The highest BCUT2D eigenvalue weighted by molar-refractivity contribution is 8.14. The number of allylic oxidation sites excluding steroid dienone is 2. The van der Waals surface area contributed by atoms with Gasteiger partial charge in [-0.3, -0.25) is 4.99 Å². The Labute approximate surface area is 139 Å². The minimum Gasteiger partial charge on any atom is -0.501 e. The summed E-state index contributed by atoms with van der Waals surface area (Å²) in [6, 6.07) is 3.20. The molecule has 0 saturated heterocycles. The smallest absolute Gasteiger partial charge is 0.329 e. The maximum absolute atomic E-state index is 11.0. The van der Waals surface area contributed by atoms with Crippen LogP contribution in [0, 0.1) is 0 Å². The van der Waals surface area contributed by atoms with Crippen LogP contribution >= 0.6 is 11.8 Å². The van der Waals surface area contributed by atoms with E-state index in [0.717, 1.165) is 28.4 Å². The molecule has 122 valence electrons. The normalized spacial score (nSPS) is 18.8. The molecule has 0 fully saturated rings. The molecule has 0 saturated carbocycles. The zero-order valence-corrected chi connectivity index (χ0v) is 14.3. The van der Waals surface area contributed by atoms with Crippen molar-refractivity contribution in [2.75, 3.05) is 12.9 Å². The second-order valence-electron chi connectivity index (χ2n) is 4.68. The molecule has 2 heterocycles. The number of carboxylic acids is 1. The molecule has 1 aliphatic carbocycles. The lowest BCUT2D eigenvalue weighted by Crippen LogP contribution is -2.29. The van der Waals surface area contributed by atoms with E-state index in [-0.39, 0.29) is 0 Å².